The quantitative estimate of drug-likeness (QED) is 0.327. The van der Waals surface area contributed by atoms with E-state index in [1.54, 1.807) is 19.1 Å². The minimum Gasteiger partial charge on any atom is -0.463 e. The van der Waals surface area contributed by atoms with Gasteiger partial charge in [0.1, 0.15) is 6.61 Å². The average Bonchev–Trinajstić information content (AvgIpc) is 3.13. The van der Waals surface area contributed by atoms with Crippen molar-refractivity contribution in [1.29, 1.82) is 0 Å². The molecular weight excluding hydrogens is 360 g/mol. The van der Waals surface area contributed by atoms with Crippen molar-refractivity contribution in [3.63, 3.8) is 0 Å². The van der Waals surface area contributed by atoms with Gasteiger partial charge in [-0.3, -0.25) is 14.4 Å². The Labute approximate surface area is 167 Å². The summed E-state index contributed by atoms with van der Waals surface area (Å²) >= 11 is 0. The second kappa shape index (κ2) is 12.3. The molecule has 0 unspecified atom stereocenters. The molecule has 1 rings (SSSR count). The first-order valence-corrected chi connectivity index (χ1v) is 9.95. The lowest BCUT2D eigenvalue weighted by atomic mass is 9.95. The SMILES string of the molecule is C=CCCC(=O)OC[C@H](C)NC(=O)[C@@H](CC=C)CC(=O)NC1(CO)CCCC1. The van der Waals surface area contributed by atoms with E-state index in [0.717, 1.165) is 25.7 Å². The van der Waals surface area contributed by atoms with Crippen LogP contribution in [-0.2, 0) is 19.1 Å². The third kappa shape index (κ3) is 8.25. The third-order valence-electron chi connectivity index (χ3n) is 4.96. The Morgan fingerprint density at radius 2 is 1.89 bits per heavy atom. The molecule has 0 spiro atoms. The maximum absolute atomic E-state index is 12.5. The van der Waals surface area contributed by atoms with Crippen LogP contribution in [0.5, 0.6) is 0 Å². The molecule has 0 aromatic rings. The van der Waals surface area contributed by atoms with Gasteiger partial charge >= 0.3 is 5.97 Å². The summed E-state index contributed by atoms with van der Waals surface area (Å²) in [5, 5.41) is 15.3. The van der Waals surface area contributed by atoms with Crippen LogP contribution in [0.1, 0.15) is 58.3 Å². The molecule has 7 heteroatoms. The zero-order valence-corrected chi connectivity index (χ0v) is 16.9. The Morgan fingerprint density at radius 3 is 2.46 bits per heavy atom. The summed E-state index contributed by atoms with van der Waals surface area (Å²) in [6.07, 6.45) is 7.88. The summed E-state index contributed by atoms with van der Waals surface area (Å²) in [6, 6.07) is -0.367. The van der Waals surface area contributed by atoms with Crippen LogP contribution >= 0.6 is 0 Å². The molecule has 1 fully saturated rings. The van der Waals surface area contributed by atoms with Gasteiger partial charge in [-0.25, -0.2) is 0 Å². The van der Waals surface area contributed by atoms with E-state index in [-0.39, 0.29) is 49.9 Å². The number of amides is 2. The molecule has 0 saturated heterocycles. The van der Waals surface area contributed by atoms with Crippen LogP contribution in [0.4, 0.5) is 0 Å². The molecule has 0 aromatic heterocycles. The molecule has 7 nitrogen and oxygen atoms in total. The van der Waals surface area contributed by atoms with E-state index < -0.39 is 11.5 Å². The summed E-state index contributed by atoms with van der Waals surface area (Å²) in [6.45, 7) is 8.93. The summed E-state index contributed by atoms with van der Waals surface area (Å²) in [7, 11) is 0. The Morgan fingerprint density at radius 1 is 1.21 bits per heavy atom. The number of hydrogen-bond donors (Lipinski definition) is 3. The normalized spacial score (nSPS) is 17.2. The second-order valence-corrected chi connectivity index (χ2v) is 7.54. The molecule has 0 aliphatic heterocycles. The molecular formula is C21H34N2O5. The summed E-state index contributed by atoms with van der Waals surface area (Å²) in [5.74, 6) is -1.43. The van der Waals surface area contributed by atoms with Crippen LogP contribution in [-0.4, -0.2) is 47.7 Å². The van der Waals surface area contributed by atoms with Crippen LogP contribution in [0.15, 0.2) is 25.3 Å². The number of hydrogen-bond acceptors (Lipinski definition) is 5. The monoisotopic (exact) mass is 394 g/mol. The maximum atomic E-state index is 12.5. The van der Waals surface area contributed by atoms with Crippen LogP contribution in [0.3, 0.4) is 0 Å². The van der Waals surface area contributed by atoms with E-state index in [0.29, 0.717) is 12.8 Å². The average molecular weight is 395 g/mol. The lowest BCUT2D eigenvalue weighted by molar-refractivity contribution is -0.145. The number of aliphatic hydroxyl groups excluding tert-OH is 1. The lowest BCUT2D eigenvalue weighted by Gasteiger charge is -2.29. The molecule has 0 radical (unpaired) electrons. The molecule has 2 amide bonds. The van der Waals surface area contributed by atoms with Crippen LogP contribution in [0.2, 0.25) is 0 Å². The van der Waals surface area contributed by atoms with Gasteiger partial charge in [0.05, 0.1) is 24.1 Å². The van der Waals surface area contributed by atoms with E-state index in [1.807, 2.05) is 0 Å². The molecule has 1 aliphatic rings. The number of aliphatic hydroxyl groups is 1. The fourth-order valence-corrected chi connectivity index (χ4v) is 3.34. The van der Waals surface area contributed by atoms with E-state index in [9.17, 15) is 19.5 Å². The van der Waals surface area contributed by atoms with Crippen LogP contribution < -0.4 is 10.6 Å². The molecule has 0 heterocycles. The predicted molar refractivity (Wildman–Crippen MR) is 107 cm³/mol. The molecule has 158 valence electrons. The standard InChI is InChI=1S/C21H34N2O5/c1-4-6-10-19(26)28-14-16(3)22-20(27)17(9-5-2)13-18(25)23-21(15-24)11-7-8-12-21/h4-5,16-17,24H,1-2,6-15H2,3H3,(H,22,27)(H,23,25)/t16-,17-/m0/s1. The number of esters is 1. The van der Waals surface area contributed by atoms with E-state index in [2.05, 4.69) is 23.8 Å². The van der Waals surface area contributed by atoms with Gasteiger partial charge in [-0.15, -0.1) is 13.2 Å². The van der Waals surface area contributed by atoms with Crippen molar-refractivity contribution in [3.8, 4) is 0 Å². The van der Waals surface area contributed by atoms with Crippen molar-refractivity contribution in [2.24, 2.45) is 5.92 Å². The Kier molecular flexibility index (Phi) is 10.5. The number of carbonyl (C=O) groups is 3. The Balaban J connectivity index is 2.50. The van der Waals surface area contributed by atoms with E-state index in [1.165, 1.54) is 0 Å². The second-order valence-electron chi connectivity index (χ2n) is 7.54. The Hall–Kier alpha value is -2.15. The highest BCUT2D eigenvalue weighted by molar-refractivity contribution is 5.86. The minimum absolute atomic E-state index is 0.0193. The number of nitrogens with one attached hydrogen (secondary N) is 2. The Bertz CT molecular complexity index is 555. The summed E-state index contributed by atoms with van der Waals surface area (Å²) in [4.78, 5) is 36.5. The molecule has 1 saturated carbocycles. The number of carbonyl (C=O) groups excluding carboxylic acids is 3. The molecule has 0 bridgehead atoms. The van der Waals surface area contributed by atoms with Crippen molar-refractivity contribution in [2.45, 2.75) is 69.9 Å². The largest absolute Gasteiger partial charge is 0.463 e. The topological polar surface area (TPSA) is 105 Å². The molecule has 3 N–H and O–H groups in total. The van der Waals surface area contributed by atoms with Crippen molar-refractivity contribution in [1.82, 2.24) is 10.6 Å². The van der Waals surface area contributed by atoms with Gasteiger partial charge in [-0.2, -0.15) is 0 Å². The fourth-order valence-electron chi connectivity index (χ4n) is 3.34. The first kappa shape index (κ1) is 23.9. The van der Waals surface area contributed by atoms with Crippen LogP contribution in [0.25, 0.3) is 0 Å². The first-order chi connectivity index (χ1) is 13.4. The summed E-state index contributed by atoms with van der Waals surface area (Å²) < 4.78 is 5.12. The highest BCUT2D eigenvalue weighted by atomic mass is 16.5. The number of rotatable bonds is 13. The van der Waals surface area contributed by atoms with Crippen LogP contribution in [0, 0.1) is 5.92 Å². The zero-order valence-electron chi connectivity index (χ0n) is 16.9. The smallest absolute Gasteiger partial charge is 0.306 e. The van der Waals surface area contributed by atoms with Crippen molar-refractivity contribution in [2.75, 3.05) is 13.2 Å². The zero-order chi connectivity index (χ0) is 21.0. The summed E-state index contributed by atoms with van der Waals surface area (Å²) in [5.41, 5.74) is -0.556. The van der Waals surface area contributed by atoms with Crippen molar-refractivity contribution >= 4 is 17.8 Å². The minimum atomic E-state index is -0.562. The van der Waals surface area contributed by atoms with Crippen molar-refractivity contribution < 1.29 is 24.2 Å². The van der Waals surface area contributed by atoms with E-state index >= 15 is 0 Å². The number of ether oxygens (including phenoxy) is 1. The van der Waals surface area contributed by atoms with E-state index in [4.69, 9.17) is 4.74 Å². The molecule has 0 aromatic carbocycles. The van der Waals surface area contributed by atoms with Gasteiger partial charge in [0.15, 0.2) is 0 Å². The molecule has 2 atom stereocenters. The molecule has 1 aliphatic carbocycles. The van der Waals surface area contributed by atoms with Gasteiger partial charge in [-0.05, 0) is 32.6 Å². The van der Waals surface area contributed by atoms with Gasteiger partial charge in [0.2, 0.25) is 11.8 Å². The third-order valence-corrected chi connectivity index (χ3v) is 4.96. The first-order valence-electron chi connectivity index (χ1n) is 9.95. The lowest BCUT2D eigenvalue weighted by Crippen LogP contribution is -2.50. The highest BCUT2D eigenvalue weighted by Gasteiger charge is 2.35. The van der Waals surface area contributed by atoms with Gasteiger partial charge in [-0.1, -0.05) is 25.0 Å². The number of allylic oxidation sites excluding steroid dienone is 2. The molecule has 28 heavy (non-hydrogen) atoms. The highest BCUT2D eigenvalue weighted by Crippen LogP contribution is 2.29. The fraction of sp³-hybridized carbons (Fsp3) is 0.667. The predicted octanol–water partition coefficient (Wildman–Crippen LogP) is 2.00. The maximum Gasteiger partial charge on any atom is 0.306 e. The van der Waals surface area contributed by atoms with Gasteiger partial charge in [0.25, 0.3) is 0 Å². The van der Waals surface area contributed by atoms with Gasteiger partial charge < -0.3 is 20.5 Å². The van der Waals surface area contributed by atoms with Crippen molar-refractivity contribution in [3.05, 3.63) is 25.3 Å². The van der Waals surface area contributed by atoms with Gasteiger partial charge in [0, 0.05) is 12.8 Å².